The van der Waals surface area contributed by atoms with Gasteiger partial charge in [0.1, 0.15) is 22.8 Å². The Morgan fingerprint density at radius 3 is 2.52 bits per heavy atom. The molecule has 7 heteroatoms. The number of aromatic nitrogens is 2. The molecule has 1 aromatic heterocycles. The summed E-state index contributed by atoms with van der Waals surface area (Å²) in [5, 5.41) is 7.37. The number of benzene rings is 1. The van der Waals surface area contributed by atoms with Gasteiger partial charge in [-0.05, 0) is 50.8 Å². The summed E-state index contributed by atoms with van der Waals surface area (Å²) in [6.45, 7) is 4.86. The molecule has 0 saturated heterocycles. The van der Waals surface area contributed by atoms with Crippen molar-refractivity contribution in [1.82, 2.24) is 15.1 Å². The summed E-state index contributed by atoms with van der Waals surface area (Å²) in [5.74, 6) is -1.58. The van der Waals surface area contributed by atoms with Crippen LogP contribution in [-0.4, -0.2) is 22.0 Å². The minimum absolute atomic E-state index is 0.148. The van der Waals surface area contributed by atoms with Gasteiger partial charge >= 0.3 is 0 Å². The Balaban J connectivity index is 1.88. The molecule has 1 aliphatic rings. The molecule has 0 unspecified atom stereocenters. The third kappa shape index (κ3) is 3.70. The number of nitrogens with one attached hydrogen (secondary N) is 1. The van der Waals surface area contributed by atoms with Crippen LogP contribution in [0.15, 0.2) is 12.1 Å². The lowest BCUT2D eigenvalue weighted by Crippen LogP contribution is -2.26. The van der Waals surface area contributed by atoms with Gasteiger partial charge in [0.05, 0.1) is 11.4 Å². The molecule has 0 bridgehead atoms. The first-order valence-corrected chi connectivity index (χ1v) is 8.87. The summed E-state index contributed by atoms with van der Waals surface area (Å²) in [6, 6.07) is 2.60. The number of nitrogens with zero attached hydrogens (tertiary/aromatic N) is 2. The van der Waals surface area contributed by atoms with E-state index in [0.717, 1.165) is 17.7 Å². The molecular weight excluding hydrogens is 351 g/mol. The van der Waals surface area contributed by atoms with Crippen molar-refractivity contribution in [2.45, 2.75) is 58.4 Å². The van der Waals surface area contributed by atoms with Crippen LogP contribution in [0.4, 0.5) is 13.2 Å². The van der Waals surface area contributed by atoms with Gasteiger partial charge in [-0.15, -0.1) is 0 Å². The largest absolute Gasteiger partial charge is 0.308 e. The molecule has 0 aliphatic heterocycles. The van der Waals surface area contributed by atoms with Gasteiger partial charge < -0.3 is 5.32 Å². The summed E-state index contributed by atoms with van der Waals surface area (Å²) in [6.07, 6.45) is 1.19. The van der Waals surface area contributed by atoms with Gasteiger partial charge in [-0.2, -0.15) is 5.10 Å². The highest BCUT2D eigenvalue weighted by Crippen LogP contribution is 2.31. The van der Waals surface area contributed by atoms with Gasteiger partial charge in [0.2, 0.25) is 0 Å². The van der Waals surface area contributed by atoms with Gasteiger partial charge in [0.25, 0.3) is 0 Å². The quantitative estimate of drug-likeness (QED) is 0.766. The van der Waals surface area contributed by atoms with Gasteiger partial charge in [0.15, 0.2) is 0 Å². The number of hydrogen-bond donors (Lipinski definition) is 1. The molecule has 1 heterocycles. The molecule has 3 nitrogen and oxygen atoms in total. The SMILES string of the molecule is CCn1nc(CN[C@H]2CC[C@@H](F)C2)c(C)c1-c1cc(F)c(Cl)c(F)c1. The van der Waals surface area contributed by atoms with E-state index >= 15 is 0 Å². The predicted octanol–water partition coefficient (Wildman–Crippen LogP) is 4.79. The molecule has 1 saturated carbocycles. The van der Waals surface area contributed by atoms with Crippen molar-refractivity contribution < 1.29 is 13.2 Å². The monoisotopic (exact) mass is 371 g/mol. The Labute approximate surface area is 150 Å². The maximum atomic E-state index is 13.8. The Bertz CT molecular complexity index is 752. The first-order valence-electron chi connectivity index (χ1n) is 8.49. The average Bonchev–Trinajstić information content (AvgIpc) is 3.13. The van der Waals surface area contributed by atoms with Crippen molar-refractivity contribution >= 4 is 11.6 Å². The van der Waals surface area contributed by atoms with Crippen LogP contribution in [0.5, 0.6) is 0 Å². The normalized spacial score (nSPS) is 20.4. The van der Waals surface area contributed by atoms with E-state index in [9.17, 15) is 13.2 Å². The van der Waals surface area contributed by atoms with E-state index < -0.39 is 22.8 Å². The van der Waals surface area contributed by atoms with Crippen LogP contribution < -0.4 is 5.32 Å². The van der Waals surface area contributed by atoms with Crippen LogP contribution >= 0.6 is 11.6 Å². The zero-order valence-corrected chi connectivity index (χ0v) is 15.0. The molecule has 1 aromatic carbocycles. The molecule has 2 aromatic rings. The smallest absolute Gasteiger partial charge is 0.145 e. The Hall–Kier alpha value is -1.53. The van der Waals surface area contributed by atoms with E-state index in [-0.39, 0.29) is 6.04 Å². The molecule has 25 heavy (non-hydrogen) atoms. The third-order valence-electron chi connectivity index (χ3n) is 4.77. The standard InChI is InChI=1S/C18H21ClF3N3/c1-3-25-18(11-6-14(21)17(19)15(22)7-11)10(2)16(24-25)9-23-13-5-4-12(20)8-13/h6-7,12-13,23H,3-5,8-9H2,1-2H3/t12-,13+/m1/s1. The van der Waals surface area contributed by atoms with E-state index in [1.165, 1.54) is 12.1 Å². The highest BCUT2D eigenvalue weighted by molar-refractivity contribution is 6.31. The van der Waals surface area contributed by atoms with E-state index in [1.807, 2.05) is 13.8 Å². The Kier molecular flexibility index (Phi) is 5.39. The Morgan fingerprint density at radius 2 is 1.96 bits per heavy atom. The van der Waals surface area contributed by atoms with Crippen LogP contribution in [0.2, 0.25) is 5.02 Å². The van der Waals surface area contributed by atoms with Gasteiger partial charge in [0, 0.05) is 24.7 Å². The lowest BCUT2D eigenvalue weighted by atomic mass is 10.1. The summed E-state index contributed by atoms with van der Waals surface area (Å²) in [7, 11) is 0. The molecule has 1 N–H and O–H groups in total. The second-order valence-corrected chi connectivity index (χ2v) is 6.86. The number of aryl methyl sites for hydroxylation is 1. The summed E-state index contributed by atoms with van der Waals surface area (Å²) in [5.41, 5.74) is 2.73. The molecule has 2 atom stereocenters. The summed E-state index contributed by atoms with van der Waals surface area (Å²) >= 11 is 5.58. The molecule has 1 fully saturated rings. The fraction of sp³-hybridized carbons (Fsp3) is 0.500. The fourth-order valence-corrected chi connectivity index (χ4v) is 3.52. The van der Waals surface area contributed by atoms with E-state index in [2.05, 4.69) is 10.4 Å². The Morgan fingerprint density at radius 1 is 1.28 bits per heavy atom. The highest BCUT2D eigenvalue weighted by atomic mass is 35.5. The zero-order chi connectivity index (χ0) is 18.1. The van der Waals surface area contributed by atoms with E-state index in [4.69, 9.17) is 11.6 Å². The summed E-state index contributed by atoms with van der Waals surface area (Å²) in [4.78, 5) is 0. The van der Waals surface area contributed by atoms with Crippen molar-refractivity contribution in [3.8, 4) is 11.3 Å². The molecular formula is C18H21ClF3N3. The first-order chi connectivity index (χ1) is 11.9. The maximum absolute atomic E-state index is 13.8. The highest BCUT2D eigenvalue weighted by Gasteiger charge is 2.25. The van der Waals surface area contributed by atoms with Crippen molar-refractivity contribution in [1.29, 1.82) is 0 Å². The second-order valence-electron chi connectivity index (χ2n) is 6.48. The van der Waals surface area contributed by atoms with Crippen LogP contribution in [-0.2, 0) is 13.1 Å². The van der Waals surface area contributed by atoms with E-state index in [1.54, 1.807) is 4.68 Å². The molecule has 0 amide bonds. The van der Waals surface area contributed by atoms with Gasteiger partial charge in [-0.25, -0.2) is 13.2 Å². The topological polar surface area (TPSA) is 29.9 Å². The molecule has 0 spiro atoms. The van der Waals surface area contributed by atoms with Gasteiger partial charge in [-0.3, -0.25) is 4.68 Å². The van der Waals surface area contributed by atoms with Crippen molar-refractivity contribution in [2.75, 3.05) is 0 Å². The van der Waals surface area contributed by atoms with Crippen molar-refractivity contribution in [3.05, 3.63) is 40.0 Å². The third-order valence-corrected chi connectivity index (χ3v) is 5.13. The average molecular weight is 372 g/mol. The zero-order valence-electron chi connectivity index (χ0n) is 14.3. The van der Waals surface area contributed by atoms with E-state index in [0.29, 0.717) is 37.2 Å². The van der Waals surface area contributed by atoms with Gasteiger partial charge in [-0.1, -0.05) is 11.6 Å². The van der Waals surface area contributed by atoms with Crippen LogP contribution in [0, 0.1) is 18.6 Å². The number of rotatable bonds is 5. The van der Waals surface area contributed by atoms with Crippen LogP contribution in [0.25, 0.3) is 11.3 Å². The molecule has 136 valence electrons. The molecule has 3 rings (SSSR count). The lowest BCUT2D eigenvalue weighted by Gasteiger charge is -2.10. The molecule has 0 radical (unpaired) electrons. The van der Waals surface area contributed by atoms with Crippen LogP contribution in [0.1, 0.15) is 37.4 Å². The number of alkyl halides is 1. The second kappa shape index (κ2) is 7.38. The fourth-order valence-electron chi connectivity index (χ4n) is 3.41. The predicted molar refractivity (Wildman–Crippen MR) is 92.4 cm³/mol. The minimum Gasteiger partial charge on any atom is -0.308 e. The maximum Gasteiger partial charge on any atom is 0.145 e. The lowest BCUT2D eigenvalue weighted by molar-refractivity contribution is 0.333. The summed E-state index contributed by atoms with van der Waals surface area (Å²) < 4.78 is 42.7. The van der Waals surface area contributed by atoms with Crippen molar-refractivity contribution in [3.63, 3.8) is 0 Å². The van der Waals surface area contributed by atoms with Crippen molar-refractivity contribution in [2.24, 2.45) is 0 Å². The minimum atomic E-state index is -0.792. The number of halogens is 4. The first kappa shape index (κ1) is 18.3. The number of hydrogen-bond acceptors (Lipinski definition) is 2. The molecule has 1 aliphatic carbocycles. The van der Waals surface area contributed by atoms with Crippen LogP contribution in [0.3, 0.4) is 0 Å².